The molecule has 0 bridgehead atoms. The van der Waals surface area contributed by atoms with Gasteiger partial charge in [-0.1, -0.05) is 15.9 Å². The molecule has 3 atom stereocenters. The van der Waals surface area contributed by atoms with Crippen LogP contribution >= 0.6 is 28.3 Å². The second-order valence-electron chi connectivity index (χ2n) is 5.88. The van der Waals surface area contributed by atoms with E-state index in [-0.39, 0.29) is 30.3 Å². The topological polar surface area (TPSA) is 75.4 Å². The van der Waals surface area contributed by atoms with E-state index in [1.807, 2.05) is 11.8 Å². The molecule has 1 heterocycles. The zero-order valence-electron chi connectivity index (χ0n) is 13.3. The van der Waals surface area contributed by atoms with Crippen LogP contribution in [0.4, 0.5) is 0 Å². The molecule has 1 aliphatic heterocycles. The lowest BCUT2D eigenvalue weighted by Gasteiger charge is -2.25. The normalized spacial score (nSPS) is 21.5. The zero-order valence-corrected chi connectivity index (χ0v) is 15.7. The number of hydrogen-bond donors (Lipinski definition) is 2. The van der Waals surface area contributed by atoms with Crippen LogP contribution in [0.15, 0.2) is 28.7 Å². The number of nitrogens with two attached hydrogens (primary N) is 1. The summed E-state index contributed by atoms with van der Waals surface area (Å²) < 4.78 is 0.909. The van der Waals surface area contributed by atoms with Crippen LogP contribution in [0.1, 0.15) is 30.6 Å². The Morgan fingerprint density at radius 2 is 2.00 bits per heavy atom. The van der Waals surface area contributed by atoms with Crippen molar-refractivity contribution in [2.24, 2.45) is 11.7 Å². The molecule has 1 fully saturated rings. The summed E-state index contributed by atoms with van der Waals surface area (Å²) in [5.74, 6) is 0.0674. The van der Waals surface area contributed by atoms with Gasteiger partial charge < -0.3 is 16.0 Å². The molecule has 5 nitrogen and oxygen atoms in total. The highest BCUT2D eigenvalue weighted by molar-refractivity contribution is 9.10. The molecule has 0 aliphatic carbocycles. The minimum absolute atomic E-state index is 0. The average molecular weight is 405 g/mol. The van der Waals surface area contributed by atoms with Crippen molar-refractivity contribution in [1.29, 1.82) is 0 Å². The predicted molar refractivity (Wildman–Crippen MR) is 96.7 cm³/mol. The Bertz CT molecular complexity index is 553. The Morgan fingerprint density at radius 3 is 2.52 bits per heavy atom. The molecule has 0 spiro atoms. The molecule has 1 aromatic rings. The van der Waals surface area contributed by atoms with Crippen LogP contribution in [0.5, 0.6) is 0 Å². The first-order chi connectivity index (χ1) is 10.4. The molecule has 0 aromatic heterocycles. The maximum atomic E-state index is 12.5. The van der Waals surface area contributed by atoms with Crippen molar-refractivity contribution in [2.75, 3.05) is 13.1 Å². The van der Waals surface area contributed by atoms with Crippen molar-refractivity contribution in [3.05, 3.63) is 34.3 Å². The van der Waals surface area contributed by atoms with Crippen LogP contribution in [-0.2, 0) is 4.79 Å². The van der Waals surface area contributed by atoms with Crippen molar-refractivity contribution in [3.63, 3.8) is 0 Å². The minimum Gasteiger partial charge on any atom is -0.341 e. The lowest BCUT2D eigenvalue weighted by atomic mass is 10.1. The highest BCUT2D eigenvalue weighted by atomic mass is 79.9. The first-order valence-corrected chi connectivity index (χ1v) is 8.28. The lowest BCUT2D eigenvalue weighted by Crippen LogP contribution is -2.48. The highest BCUT2D eigenvalue weighted by Gasteiger charge is 2.34. The number of carbonyl (C=O) groups is 2. The molecule has 7 heteroatoms. The summed E-state index contributed by atoms with van der Waals surface area (Å²) >= 11 is 3.33. The van der Waals surface area contributed by atoms with Gasteiger partial charge in [0.15, 0.2) is 0 Å². The maximum Gasteiger partial charge on any atom is 0.251 e. The number of likely N-dealkylation sites (tertiary alicyclic amines) is 1. The number of nitrogens with zero attached hydrogens (tertiary/aromatic N) is 1. The summed E-state index contributed by atoms with van der Waals surface area (Å²) in [7, 11) is 0. The maximum absolute atomic E-state index is 12.5. The molecule has 1 aromatic carbocycles. The summed E-state index contributed by atoms with van der Waals surface area (Å²) in [6.07, 6.45) is 0.926. The Labute approximate surface area is 151 Å². The van der Waals surface area contributed by atoms with Crippen LogP contribution in [0.3, 0.4) is 0 Å². The van der Waals surface area contributed by atoms with Crippen LogP contribution in [0.2, 0.25) is 0 Å². The van der Waals surface area contributed by atoms with E-state index in [1.165, 1.54) is 0 Å². The van der Waals surface area contributed by atoms with Crippen LogP contribution in [-0.4, -0.2) is 41.9 Å². The van der Waals surface area contributed by atoms with E-state index in [0.29, 0.717) is 24.6 Å². The number of halogens is 2. The molecular formula is C16H23BrClN3O2. The predicted octanol–water partition coefficient (Wildman–Crippen LogP) is 2.18. The largest absolute Gasteiger partial charge is 0.341 e. The first-order valence-electron chi connectivity index (χ1n) is 7.49. The molecular weight excluding hydrogens is 382 g/mol. The van der Waals surface area contributed by atoms with Gasteiger partial charge in [0.25, 0.3) is 5.91 Å². The van der Waals surface area contributed by atoms with E-state index >= 15 is 0 Å². The van der Waals surface area contributed by atoms with E-state index in [1.54, 1.807) is 31.2 Å². The van der Waals surface area contributed by atoms with Crippen molar-refractivity contribution >= 4 is 40.2 Å². The monoisotopic (exact) mass is 403 g/mol. The average Bonchev–Trinajstić information content (AvgIpc) is 2.88. The van der Waals surface area contributed by atoms with Gasteiger partial charge in [-0.3, -0.25) is 9.59 Å². The minimum atomic E-state index is -0.546. The van der Waals surface area contributed by atoms with Gasteiger partial charge in [-0.05, 0) is 57.0 Å². The smallest absolute Gasteiger partial charge is 0.251 e. The summed E-state index contributed by atoms with van der Waals surface area (Å²) in [5, 5.41) is 2.77. The number of benzene rings is 1. The van der Waals surface area contributed by atoms with Crippen molar-refractivity contribution in [2.45, 2.75) is 32.4 Å². The second-order valence-corrected chi connectivity index (χ2v) is 6.79. The van der Waals surface area contributed by atoms with Gasteiger partial charge >= 0.3 is 0 Å². The van der Waals surface area contributed by atoms with Crippen molar-refractivity contribution in [3.8, 4) is 0 Å². The first kappa shape index (κ1) is 19.9. The molecule has 2 rings (SSSR count). The SMILES string of the molecule is CC(NC(=O)c1ccc(Br)cc1)C(=O)N1CC(CN)CC1C.Cl. The third-order valence-electron chi connectivity index (χ3n) is 4.10. The highest BCUT2D eigenvalue weighted by Crippen LogP contribution is 2.22. The van der Waals surface area contributed by atoms with Gasteiger partial charge in [0.05, 0.1) is 0 Å². The van der Waals surface area contributed by atoms with E-state index < -0.39 is 6.04 Å². The third-order valence-corrected chi connectivity index (χ3v) is 4.63. The number of carbonyl (C=O) groups excluding carboxylic acids is 2. The summed E-state index contributed by atoms with van der Waals surface area (Å²) in [5.41, 5.74) is 6.23. The van der Waals surface area contributed by atoms with Gasteiger partial charge in [-0.15, -0.1) is 12.4 Å². The molecule has 1 aliphatic rings. The molecule has 2 amide bonds. The standard InChI is InChI=1S/C16H22BrN3O2.ClH/c1-10-7-12(8-18)9-20(10)16(22)11(2)19-15(21)13-3-5-14(17)6-4-13;/h3-6,10-12H,7-9,18H2,1-2H3,(H,19,21);1H. The quantitative estimate of drug-likeness (QED) is 0.807. The Kier molecular flexibility index (Phi) is 7.51. The fourth-order valence-electron chi connectivity index (χ4n) is 2.81. The van der Waals surface area contributed by atoms with Crippen molar-refractivity contribution < 1.29 is 9.59 Å². The molecule has 23 heavy (non-hydrogen) atoms. The number of nitrogens with one attached hydrogen (secondary N) is 1. The third kappa shape index (κ3) is 4.93. The number of hydrogen-bond acceptors (Lipinski definition) is 3. The zero-order chi connectivity index (χ0) is 16.3. The Hall–Kier alpha value is -1.11. The van der Waals surface area contributed by atoms with Crippen LogP contribution in [0, 0.1) is 5.92 Å². The molecule has 3 unspecified atom stereocenters. The van der Waals surface area contributed by atoms with Gasteiger partial charge in [0, 0.05) is 22.6 Å². The summed E-state index contributed by atoms with van der Waals surface area (Å²) in [6.45, 7) is 5.02. The molecule has 0 saturated carbocycles. The second kappa shape index (κ2) is 8.66. The van der Waals surface area contributed by atoms with Crippen LogP contribution in [0.25, 0.3) is 0 Å². The van der Waals surface area contributed by atoms with Crippen molar-refractivity contribution in [1.82, 2.24) is 10.2 Å². The number of rotatable bonds is 4. The Morgan fingerprint density at radius 1 is 1.39 bits per heavy atom. The Balaban J connectivity index is 0.00000264. The van der Waals surface area contributed by atoms with E-state index in [9.17, 15) is 9.59 Å². The van der Waals surface area contributed by atoms with E-state index in [0.717, 1.165) is 10.9 Å². The van der Waals surface area contributed by atoms with Crippen LogP contribution < -0.4 is 11.1 Å². The van der Waals surface area contributed by atoms with Gasteiger partial charge in [-0.25, -0.2) is 0 Å². The fraction of sp³-hybridized carbons (Fsp3) is 0.500. The van der Waals surface area contributed by atoms with Gasteiger partial charge in [-0.2, -0.15) is 0 Å². The van der Waals surface area contributed by atoms with Gasteiger partial charge in [0.1, 0.15) is 6.04 Å². The molecule has 1 saturated heterocycles. The lowest BCUT2D eigenvalue weighted by molar-refractivity contribution is -0.133. The number of amides is 2. The van der Waals surface area contributed by atoms with E-state index in [2.05, 4.69) is 21.2 Å². The summed E-state index contributed by atoms with van der Waals surface area (Å²) in [6, 6.07) is 6.67. The van der Waals surface area contributed by atoms with Gasteiger partial charge in [0.2, 0.25) is 5.91 Å². The molecule has 128 valence electrons. The van der Waals surface area contributed by atoms with E-state index in [4.69, 9.17) is 5.73 Å². The molecule has 0 radical (unpaired) electrons. The summed E-state index contributed by atoms with van der Waals surface area (Å²) in [4.78, 5) is 26.5. The molecule has 3 N–H and O–H groups in total. The fourth-order valence-corrected chi connectivity index (χ4v) is 3.08.